The van der Waals surface area contributed by atoms with Crippen molar-refractivity contribution in [3.8, 4) is 0 Å². The number of thioether (sulfide) groups is 1. The van der Waals surface area contributed by atoms with Crippen LogP contribution >= 0.6 is 11.8 Å². The maximum Gasteiger partial charge on any atom is 0.116 e. The highest BCUT2D eigenvalue weighted by Gasteiger charge is 2.09. The minimum Gasteiger partial charge on any atom is -0.323 e. The lowest BCUT2D eigenvalue weighted by Crippen LogP contribution is -2.14. The van der Waals surface area contributed by atoms with E-state index >= 15 is 0 Å². The Morgan fingerprint density at radius 3 is 2.78 bits per heavy atom. The predicted molar refractivity (Wildman–Crippen MR) is 75.6 cm³/mol. The van der Waals surface area contributed by atoms with Crippen molar-refractivity contribution in [1.82, 2.24) is 9.97 Å². The van der Waals surface area contributed by atoms with Gasteiger partial charge < -0.3 is 5.73 Å². The van der Waals surface area contributed by atoms with Crippen molar-refractivity contribution >= 4 is 11.8 Å². The predicted octanol–water partition coefficient (Wildman–Crippen LogP) is 2.89. The summed E-state index contributed by atoms with van der Waals surface area (Å²) in [6.45, 7) is 4.20. The first-order valence-electron chi connectivity index (χ1n) is 5.88. The summed E-state index contributed by atoms with van der Waals surface area (Å²) in [4.78, 5) is 8.08. The molecule has 0 amide bonds. The molecule has 2 rings (SSSR count). The summed E-state index contributed by atoms with van der Waals surface area (Å²) in [7, 11) is 0. The molecule has 94 valence electrons. The number of rotatable bonds is 4. The molecule has 0 bridgehead atoms. The van der Waals surface area contributed by atoms with Crippen molar-refractivity contribution < 1.29 is 0 Å². The minimum atomic E-state index is 0.0329. The molecule has 4 heteroatoms. The van der Waals surface area contributed by atoms with Gasteiger partial charge in [-0.15, -0.1) is 11.8 Å². The smallest absolute Gasteiger partial charge is 0.116 e. The van der Waals surface area contributed by atoms with E-state index in [-0.39, 0.29) is 6.04 Å². The largest absolute Gasteiger partial charge is 0.323 e. The Morgan fingerprint density at radius 1 is 1.28 bits per heavy atom. The van der Waals surface area contributed by atoms with Crippen molar-refractivity contribution in [2.75, 3.05) is 5.75 Å². The highest BCUT2D eigenvalue weighted by Crippen LogP contribution is 2.23. The molecular weight excluding hydrogens is 242 g/mol. The van der Waals surface area contributed by atoms with Gasteiger partial charge in [0.2, 0.25) is 0 Å². The number of hydrogen-bond donors (Lipinski definition) is 1. The van der Waals surface area contributed by atoms with Crippen molar-refractivity contribution in [3.63, 3.8) is 0 Å². The molecule has 1 unspecified atom stereocenters. The lowest BCUT2D eigenvalue weighted by atomic mass is 10.0. The maximum absolute atomic E-state index is 6.23. The molecule has 1 heterocycles. The van der Waals surface area contributed by atoms with Gasteiger partial charge in [-0.1, -0.05) is 23.8 Å². The molecule has 2 N–H and O–H groups in total. The Hall–Kier alpha value is -1.39. The number of nitrogens with two attached hydrogens (primary N) is 1. The van der Waals surface area contributed by atoms with Crippen LogP contribution in [0.3, 0.4) is 0 Å². The first kappa shape index (κ1) is 13.1. The Bertz CT molecular complexity index is 514. The highest BCUT2D eigenvalue weighted by molar-refractivity contribution is 7.99. The zero-order valence-corrected chi connectivity index (χ0v) is 11.4. The molecular formula is C14H17N3S. The second-order valence-electron chi connectivity index (χ2n) is 4.33. The van der Waals surface area contributed by atoms with E-state index in [1.54, 1.807) is 24.3 Å². The molecule has 0 saturated carbocycles. The second-order valence-corrected chi connectivity index (χ2v) is 5.37. The summed E-state index contributed by atoms with van der Waals surface area (Å²) in [5.74, 6) is 0.820. The monoisotopic (exact) mass is 259 g/mol. The fourth-order valence-electron chi connectivity index (χ4n) is 1.87. The van der Waals surface area contributed by atoms with Crippen LogP contribution in [0, 0.1) is 13.8 Å². The topological polar surface area (TPSA) is 51.8 Å². The quantitative estimate of drug-likeness (QED) is 0.677. The van der Waals surface area contributed by atoms with Crippen LogP contribution in [0.2, 0.25) is 0 Å². The van der Waals surface area contributed by atoms with Crippen LogP contribution in [0.1, 0.15) is 22.7 Å². The van der Waals surface area contributed by atoms with E-state index in [4.69, 9.17) is 5.73 Å². The van der Waals surface area contributed by atoms with E-state index in [0.29, 0.717) is 0 Å². The molecule has 0 aliphatic carbocycles. The van der Waals surface area contributed by atoms with Crippen LogP contribution in [0.15, 0.2) is 41.8 Å². The van der Waals surface area contributed by atoms with Crippen molar-refractivity contribution in [2.45, 2.75) is 24.9 Å². The molecule has 0 radical (unpaired) electrons. The molecule has 1 aromatic heterocycles. The molecule has 1 aromatic carbocycles. The summed E-state index contributed by atoms with van der Waals surface area (Å²) in [6, 6.07) is 8.34. The van der Waals surface area contributed by atoms with Crippen LogP contribution in [-0.4, -0.2) is 15.7 Å². The molecule has 0 spiro atoms. The third-order valence-corrected chi connectivity index (χ3v) is 3.85. The Kier molecular flexibility index (Phi) is 4.33. The van der Waals surface area contributed by atoms with Gasteiger partial charge in [0.25, 0.3) is 0 Å². The van der Waals surface area contributed by atoms with Crippen molar-refractivity contribution in [3.05, 3.63) is 53.5 Å². The van der Waals surface area contributed by atoms with E-state index in [2.05, 4.69) is 42.0 Å². The van der Waals surface area contributed by atoms with E-state index in [9.17, 15) is 0 Å². The van der Waals surface area contributed by atoms with E-state index in [1.165, 1.54) is 16.7 Å². The number of nitrogens with zero attached hydrogens (tertiary/aromatic N) is 2. The Balaban J connectivity index is 2.01. The summed E-state index contributed by atoms with van der Waals surface area (Å²) < 4.78 is 0. The molecule has 0 fully saturated rings. The number of hydrogen-bond acceptors (Lipinski definition) is 4. The van der Waals surface area contributed by atoms with Crippen LogP contribution in [0.5, 0.6) is 0 Å². The normalized spacial score (nSPS) is 12.4. The van der Waals surface area contributed by atoms with Gasteiger partial charge in [-0.05, 0) is 31.0 Å². The van der Waals surface area contributed by atoms with Crippen molar-refractivity contribution in [1.29, 1.82) is 0 Å². The molecule has 18 heavy (non-hydrogen) atoms. The molecule has 3 nitrogen and oxygen atoms in total. The van der Waals surface area contributed by atoms with Crippen LogP contribution < -0.4 is 5.73 Å². The first-order valence-corrected chi connectivity index (χ1v) is 6.87. The van der Waals surface area contributed by atoms with E-state index in [1.807, 2.05) is 6.07 Å². The third kappa shape index (κ3) is 3.31. The maximum atomic E-state index is 6.23. The van der Waals surface area contributed by atoms with Gasteiger partial charge in [0.05, 0.1) is 5.03 Å². The lowest BCUT2D eigenvalue weighted by molar-refractivity contribution is 0.820. The third-order valence-electron chi connectivity index (χ3n) is 2.79. The standard InChI is InChI=1S/C14H17N3S/c1-10-3-4-12(11(2)7-10)13(15)8-18-14-5-6-16-9-17-14/h3-7,9,13H,8,15H2,1-2H3. The van der Waals surface area contributed by atoms with E-state index < -0.39 is 0 Å². The average Bonchev–Trinajstić information content (AvgIpc) is 2.37. The van der Waals surface area contributed by atoms with Gasteiger partial charge in [0.1, 0.15) is 6.33 Å². The minimum absolute atomic E-state index is 0.0329. The number of benzene rings is 1. The zero-order chi connectivity index (χ0) is 13.0. The van der Waals surface area contributed by atoms with Gasteiger partial charge in [-0.25, -0.2) is 9.97 Å². The highest BCUT2D eigenvalue weighted by atomic mass is 32.2. The van der Waals surface area contributed by atoms with E-state index in [0.717, 1.165) is 10.8 Å². The van der Waals surface area contributed by atoms with Crippen LogP contribution in [0.4, 0.5) is 0 Å². The van der Waals surface area contributed by atoms with Gasteiger partial charge in [-0.3, -0.25) is 0 Å². The van der Waals surface area contributed by atoms with Gasteiger partial charge in [-0.2, -0.15) is 0 Å². The molecule has 2 aromatic rings. The Labute approximate surface area is 112 Å². The van der Waals surface area contributed by atoms with Gasteiger partial charge in [0.15, 0.2) is 0 Å². The average molecular weight is 259 g/mol. The fourth-order valence-corrected chi connectivity index (χ4v) is 2.68. The van der Waals surface area contributed by atoms with Crippen LogP contribution in [-0.2, 0) is 0 Å². The van der Waals surface area contributed by atoms with Gasteiger partial charge in [0, 0.05) is 18.0 Å². The Morgan fingerprint density at radius 2 is 2.11 bits per heavy atom. The fraction of sp³-hybridized carbons (Fsp3) is 0.286. The molecule has 0 aliphatic rings. The first-order chi connectivity index (χ1) is 8.66. The summed E-state index contributed by atoms with van der Waals surface area (Å²) in [6.07, 6.45) is 3.31. The summed E-state index contributed by atoms with van der Waals surface area (Å²) in [5, 5.41) is 0.963. The SMILES string of the molecule is Cc1ccc(C(N)CSc2ccncn2)c(C)c1. The molecule has 0 aliphatic heterocycles. The van der Waals surface area contributed by atoms with Gasteiger partial charge >= 0.3 is 0 Å². The second kappa shape index (κ2) is 5.98. The van der Waals surface area contributed by atoms with Crippen molar-refractivity contribution in [2.24, 2.45) is 5.73 Å². The summed E-state index contributed by atoms with van der Waals surface area (Å²) >= 11 is 1.66. The number of aromatic nitrogens is 2. The van der Waals surface area contributed by atoms with Crippen LogP contribution in [0.25, 0.3) is 0 Å². The zero-order valence-electron chi connectivity index (χ0n) is 10.6. The molecule has 0 saturated heterocycles. The number of aryl methyl sites for hydroxylation is 2. The lowest BCUT2D eigenvalue weighted by Gasteiger charge is -2.14. The molecule has 1 atom stereocenters. The summed E-state index contributed by atoms with van der Waals surface area (Å²) in [5.41, 5.74) is 9.97.